The van der Waals surface area contributed by atoms with E-state index in [4.69, 9.17) is 0 Å². The fourth-order valence-corrected chi connectivity index (χ4v) is 2.49. The second-order valence-corrected chi connectivity index (χ2v) is 6.74. The number of piperidine rings is 1. The van der Waals surface area contributed by atoms with Gasteiger partial charge in [0, 0.05) is 18.3 Å². The maximum atomic E-state index is 11.2. The molecule has 0 amide bonds. The van der Waals surface area contributed by atoms with Crippen molar-refractivity contribution >= 4 is 9.84 Å². The molecule has 0 unspecified atom stereocenters. The Morgan fingerprint density at radius 1 is 1.33 bits per heavy atom. The summed E-state index contributed by atoms with van der Waals surface area (Å²) < 4.78 is 22.5. The van der Waals surface area contributed by atoms with Crippen molar-refractivity contribution in [1.82, 2.24) is 10.2 Å². The Balaban J connectivity index is 2.16. The van der Waals surface area contributed by atoms with Gasteiger partial charge in [-0.05, 0) is 33.0 Å². The highest BCUT2D eigenvalue weighted by atomic mass is 32.2. The van der Waals surface area contributed by atoms with Gasteiger partial charge in [-0.3, -0.25) is 0 Å². The van der Waals surface area contributed by atoms with Gasteiger partial charge in [0.05, 0.1) is 5.75 Å². The van der Waals surface area contributed by atoms with Gasteiger partial charge in [-0.2, -0.15) is 0 Å². The van der Waals surface area contributed by atoms with E-state index in [9.17, 15) is 8.42 Å². The molecule has 1 fully saturated rings. The van der Waals surface area contributed by atoms with E-state index >= 15 is 0 Å². The summed E-state index contributed by atoms with van der Waals surface area (Å²) in [5, 5.41) is 3.33. The summed E-state index contributed by atoms with van der Waals surface area (Å²) in [5.74, 6) is 0.526. The molecule has 0 aromatic rings. The van der Waals surface area contributed by atoms with Crippen molar-refractivity contribution in [2.75, 3.05) is 38.2 Å². The van der Waals surface area contributed by atoms with E-state index in [2.05, 4.69) is 17.3 Å². The van der Waals surface area contributed by atoms with Crippen molar-refractivity contribution in [2.24, 2.45) is 0 Å². The number of likely N-dealkylation sites (tertiary alicyclic amines) is 1. The van der Waals surface area contributed by atoms with E-state index in [0.29, 0.717) is 12.6 Å². The maximum Gasteiger partial charge on any atom is 0.151 e. The van der Waals surface area contributed by atoms with Gasteiger partial charge in [-0.25, -0.2) is 8.42 Å². The number of nitrogens with one attached hydrogen (secondary N) is 1. The largest absolute Gasteiger partial charge is 0.313 e. The lowest BCUT2D eigenvalue weighted by molar-refractivity contribution is 0.236. The molecule has 1 saturated heterocycles. The normalized spacial score (nSPS) is 20.7. The van der Waals surface area contributed by atoms with Crippen LogP contribution in [0.25, 0.3) is 0 Å². The third kappa shape index (κ3) is 4.95. The number of hydrogen-bond donors (Lipinski definition) is 1. The molecule has 0 aromatic heterocycles. The number of hydrogen-bond acceptors (Lipinski definition) is 4. The summed E-state index contributed by atoms with van der Waals surface area (Å²) in [6.07, 6.45) is 2.26. The first-order chi connectivity index (χ1) is 7.03. The van der Waals surface area contributed by atoms with Crippen molar-refractivity contribution in [1.29, 1.82) is 0 Å². The zero-order valence-electron chi connectivity index (χ0n) is 9.70. The lowest BCUT2D eigenvalue weighted by Gasteiger charge is -2.29. The van der Waals surface area contributed by atoms with Gasteiger partial charge in [-0.15, -0.1) is 0 Å². The summed E-state index contributed by atoms with van der Waals surface area (Å²) in [6, 6.07) is 0.508. The number of nitrogens with zero attached hydrogens (tertiary/aromatic N) is 1. The minimum atomic E-state index is -2.80. The number of rotatable bonds is 5. The molecule has 1 aliphatic rings. The van der Waals surface area contributed by atoms with Gasteiger partial charge in [0.15, 0.2) is 9.84 Å². The zero-order chi connectivity index (χ0) is 11.3. The van der Waals surface area contributed by atoms with Crippen LogP contribution in [0.2, 0.25) is 0 Å². The molecule has 1 aliphatic heterocycles. The third-order valence-electron chi connectivity index (χ3n) is 3.00. The van der Waals surface area contributed by atoms with Gasteiger partial charge in [0.25, 0.3) is 0 Å². The van der Waals surface area contributed by atoms with E-state index in [0.717, 1.165) is 25.9 Å². The van der Waals surface area contributed by atoms with Gasteiger partial charge in [-0.1, -0.05) is 6.92 Å². The molecule has 0 radical (unpaired) electrons. The van der Waals surface area contributed by atoms with Crippen molar-refractivity contribution in [2.45, 2.75) is 25.8 Å². The second-order valence-electron chi connectivity index (χ2n) is 4.27. The first kappa shape index (κ1) is 12.9. The predicted octanol–water partition coefficient (Wildman–Crippen LogP) is 0.105. The Labute approximate surface area is 93.0 Å². The van der Waals surface area contributed by atoms with Crippen LogP contribution in [0.3, 0.4) is 0 Å². The minimum absolute atomic E-state index is 0.252. The third-order valence-corrected chi connectivity index (χ3v) is 4.71. The molecule has 1 N–H and O–H groups in total. The Morgan fingerprint density at radius 2 is 1.93 bits per heavy atom. The SMILES string of the molecule is CCS(=O)(=O)CCNC1CCN(C)CC1. The number of sulfone groups is 1. The lowest BCUT2D eigenvalue weighted by atomic mass is 10.1. The van der Waals surface area contributed by atoms with Gasteiger partial charge < -0.3 is 10.2 Å². The van der Waals surface area contributed by atoms with Gasteiger partial charge >= 0.3 is 0 Å². The fourth-order valence-electron chi connectivity index (χ4n) is 1.78. The van der Waals surface area contributed by atoms with E-state index in [1.807, 2.05) is 0 Å². The van der Waals surface area contributed by atoms with Crippen LogP contribution in [0.15, 0.2) is 0 Å². The van der Waals surface area contributed by atoms with Crippen LogP contribution in [0.1, 0.15) is 19.8 Å². The van der Waals surface area contributed by atoms with E-state index in [1.165, 1.54) is 0 Å². The highest BCUT2D eigenvalue weighted by Gasteiger charge is 2.16. The van der Waals surface area contributed by atoms with Crippen LogP contribution < -0.4 is 5.32 Å². The zero-order valence-corrected chi connectivity index (χ0v) is 10.5. The molecule has 0 aliphatic carbocycles. The predicted molar refractivity (Wildman–Crippen MR) is 62.8 cm³/mol. The van der Waals surface area contributed by atoms with Crippen LogP contribution in [0.5, 0.6) is 0 Å². The van der Waals surface area contributed by atoms with E-state index in [-0.39, 0.29) is 11.5 Å². The van der Waals surface area contributed by atoms with Gasteiger partial charge in [0.2, 0.25) is 0 Å². The molecule has 1 rings (SSSR count). The Kier molecular flexibility index (Phi) is 5.02. The molecule has 0 spiro atoms. The van der Waals surface area contributed by atoms with Crippen molar-refractivity contribution < 1.29 is 8.42 Å². The van der Waals surface area contributed by atoms with Crippen LogP contribution in [0, 0.1) is 0 Å². The topological polar surface area (TPSA) is 49.4 Å². The van der Waals surface area contributed by atoms with Crippen LogP contribution in [0.4, 0.5) is 0 Å². The average Bonchev–Trinajstić information content (AvgIpc) is 2.21. The summed E-state index contributed by atoms with van der Waals surface area (Å²) in [6.45, 7) is 4.52. The summed E-state index contributed by atoms with van der Waals surface area (Å²) >= 11 is 0. The summed E-state index contributed by atoms with van der Waals surface area (Å²) in [4.78, 5) is 2.31. The molecular weight excluding hydrogens is 212 g/mol. The quantitative estimate of drug-likeness (QED) is 0.733. The minimum Gasteiger partial charge on any atom is -0.313 e. The molecule has 0 aromatic carbocycles. The molecule has 0 saturated carbocycles. The van der Waals surface area contributed by atoms with E-state index < -0.39 is 9.84 Å². The van der Waals surface area contributed by atoms with Crippen molar-refractivity contribution in [3.8, 4) is 0 Å². The fraction of sp³-hybridized carbons (Fsp3) is 1.00. The van der Waals surface area contributed by atoms with Crippen LogP contribution >= 0.6 is 0 Å². The Hall–Kier alpha value is -0.130. The molecule has 5 heteroatoms. The molecule has 4 nitrogen and oxygen atoms in total. The smallest absolute Gasteiger partial charge is 0.151 e. The second kappa shape index (κ2) is 5.82. The highest BCUT2D eigenvalue weighted by molar-refractivity contribution is 7.91. The first-order valence-corrected chi connectivity index (χ1v) is 7.48. The molecule has 90 valence electrons. The molecule has 0 atom stereocenters. The Bertz CT molecular complexity index is 269. The highest BCUT2D eigenvalue weighted by Crippen LogP contribution is 2.07. The summed E-state index contributed by atoms with van der Waals surface area (Å²) in [7, 11) is -0.681. The molecule has 1 heterocycles. The lowest BCUT2D eigenvalue weighted by Crippen LogP contribution is -2.42. The molecule has 0 bridgehead atoms. The standard InChI is InChI=1S/C10H22N2O2S/c1-3-15(13,14)9-6-11-10-4-7-12(2)8-5-10/h10-11H,3-9H2,1-2H3. The van der Waals surface area contributed by atoms with Crippen molar-refractivity contribution in [3.63, 3.8) is 0 Å². The van der Waals surface area contributed by atoms with Crippen LogP contribution in [-0.4, -0.2) is 57.5 Å². The van der Waals surface area contributed by atoms with Crippen LogP contribution in [-0.2, 0) is 9.84 Å². The molecule has 15 heavy (non-hydrogen) atoms. The first-order valence-electron chi connectivity index (χ1n) is 5.66. The summed E-state index contributed by atoms with van der Waals surface area (Å²) in [5.41, 5.74) is 0. The van der Waals surface area contributed by atoms with E-state index in [1.54, 1.807) is 6.92 Å². The van der Waals surface area contributed by atoms with Crippen molar-refractivity contribution in [3.05, 3.63) is 0 Å². The maximum absolute atomic E-state index is 11.2. The average molecular weight is 234 g/mol. The Morgan fingerprint density at radius 3 is 2.47 bits per heavy atom. The molecular formula is C10H22N2O2S. The monoisotopic (exact) mass is 234 g/mol. The van der Waals surface area contributed by atoms with Gasteiger partial charge in [0.1, 0.15) is 0 Å².